The van der Waals surface area contributed by atoms with Crippen LogP contribution < -0.4 is 10.6 Å². The monoisotopic (exact) mass is 338 g/mol. The molecule has 20 heavy (non-hydrogen) atoms. The van der Waals surface area contributed by atoms with Crippen molar-refractivity contribution in [2.75, 3.05) is 13.1 Å². The minimum atomic E-state index is -0.218. The van der Waals surface area contributed by atoms with Crippen LogP contribution in [0.5, 0.6) is 0 Å². The van der Waals surface area contributed by atoms with Crippen molar-refractivity contribution in [2.45, 2.75) is 39.2 Å². The van der Waals surface area contributed by atoms with Gasteiger partial charge in [0.05, 0.1) is 11.5 Å². The van der Waals surface area contributed by atoms with Crippen molar-refractivity contribution in [3.05, 3.63) is 34.3 Å². The van der Waals surface area contributed by atoms with E-state index in [2.05, 4.69) is 39.6 Å². The average molecular weight is 339 g/mol. The zero-order valence-corrected chi connectivity index (χ0v) is 13.8. The molecule has 1 aromatic carbocycles. The van der Waals surface area contributed by atoms with Gasteiger partial charge in [0, 0.05) is 11.0 Å². The molecule has 0 spiro atoms. The van der Waals surface area contributed by atoms with Crippen molar-refractivity contribution in [3.63, 3.8) is 0 Å². The number of amides is 1. The smallest absolute Gasteiger partial charge is 0.228 e. The lowest BCUT2D eigenvalue weighted by Gasteiger charge is -2.29. The zero-order valence-electron chi connectivity index (χ0n) is 12.2. The fraction of sp³-hybridized carbons (Fsp3) is 0.562. The highest BCUT2D eigenvalue weighted by atomic mass is 79.9. The van der Waals surface area contributed by atoms with Crippen molar-refractivity contribution in [1.82, 2.24) is 10.6 Å². The van der Waals surface area contributed by atoms with E-state index in [1.807, 2.05) is 25.1 Å². The molecule has 1 amide bonds. The van der Waals surface area contributed by atoms with Crippen molar-refractivity contribution in [2.24, 2.45) is 5.41 Å². The van der Waals surface area contributed by atoms with Gasteiger partial charge in [-0.2, -0.15) is 0 Å². The summed E-state index contributed by atoms with van der Waals surface area (Å²) in [5.74, 6) is 0.188. The fourth-order valence-electron chi connectivity index (χ4n) is 3.00. The maximum atomic E-state index is 12.7. The summed E-state index contributed by atoms with van der Waals surface area (Å²) in [7, 11) is 0. The van der Waals surface area contributed by atoms with E-state index in [9.17, 15) is 4.79 Å². The molecule has 1 fully saturated rings. The van der Waals surface area contributed by atoms with Crippen LogP contribution in [0.1, 0.15) is 44.7 Å². The van der Waals surface area contributed by atoms with Crippen LogP contribution in [-0.4, -0.2) is 19.0 Å². The highest BCUT2D eigenvalue weighted by molar-refractivity contribution is 9.10. The topological polar surface area (TPSA) is 41.1 Å². The Morgan fingerprint density at radius 1 is 1.50 bits per heavy atom. The first-order valence-electron chi connectivity index (χ1n) is 7.35. The lowest BCUT2D eigenvalue weighted by molar-refractivity contribution is -0.131. The van der Waals surface area contributed by atoms with Gasteiger partial charge in [0.25, 0.3) is 0 Å². The maximum Gasteiger partial charge on any atom is 0.228 e. The second-order valence-corrected chi connectivity index (χ2v) is 6.53. The van der Waals surface area contributed by atoms with Gasteiger partial charge in [-0.3, -0.25) is 4.79 Å². The molecule has 110 valence electrons. The summed E-state index contributed by atoms with van der Waals surface area (Å²) in [4.78, 5) is 12.7. The van der Waals surface area contributed by atoms with Gasteiger partial charge in [0.2, 0.25) is 5.91 Å². The molecule has 0 aromatic heterocycles. The Bertz CT molecular complexity index is 469. The molecule has 2 rings (SSSR count). The molecule has 1 aromatic rings. The van der Waals surface area contributed by atoms with Crippen LogP contribution >= 0.6 is 15.9 Å². The number of hydrogen-bond acceptors (Lipinski definition) is 2. The molecule has 1 aliphatic heterocycles. The lowest BCUT2D eigenvalue weighted by Crippen LogP contribution is -2.43. The summed E-state index contributed by atoms with van der Waals surface area (Å²) in [6, 6.07) is 8.07. The minimum absolute atomic E-state index is 0.0207. The van der Waals surface area contributed by atoms with Crippen molar-refractivity contribution in [3.8, 4) is 0 Å². The molecular weight excluding hydrogens is 316 g/mol. The number of benzene rings is 1. The van der Waals surface area contributed by atoms with E-state index in [0.717, 1.165) is 42.4 Å². The average Bonchev–Trinajstić information content (AvgIpc) is 2.89. The molecule has 2 atom stereocenters. The number of rotatable bonds is 5. The fourth-order valence-corrected chi connectivity index (χ4v) is 3.62. The Labute approximate surface area is 129 Å². The van der Waals surface area contributed by atoms with Crippen LogP contribution in [0.15, 0.2) is 28.7 Å². The summed E-state index contributed by atoms with van der Waals surface area (Å²) in [6.45, 7) is 5.93. The third-order valence-corrected chi connectivity index (χ3v) is 4.90. The standard InChI is InChI=1S/C16H23BrN2O/c1-3-8-16(9-10-18-11-16)15(20)19-12(2)13-6-4-5-7-14(13)17/h4-7,12,18H,3,8-11H2,1-2H3,(H,19,20)/t12-,16?/m0/s1. The van der Waals surface area contributed by atoms with Gasteiger partial charge in [-0.1, -0.05) is 47.5 Å². The molecule has 1 unspecified atom stereocenters. The quantitative estimate of drug-likeness (QED) is 0.863. The number of halogens is 1. The Morgan fingerprint density at radius 3 is 2.85 bits per heavy atom. The summed E-state index contributed by atoms with van der Waals surface area (Å²) in [6.07, 6.45) is 2.93. The predicted molar refractivity (Wildman–Crippen MR) is 85.5 cm³/mol. The van der Waals surface area contributed by atoms with E-state index in [1.54, 1.807) is 0 Å². The minimum Gasteiger partial charge on any atom is -0.349 e. The summed E-state index contributed by atoms with van der Waals surface area (Å²) < 4.78 is 1.04. The molecule has 2 N–H and O–H groups in total. The van der Waals surface area contributed by atoms with Gasteiger partial charge < -0.3 is 10.6 Å². The number of carbonyl (C=O) groups excluding carboxylic acids is 1. The van der Waals surface area contributed by atoms with Gasteiger partial charge in [0.1, 0.15) is 0 Å². The Morgan fingerprint density at radius 2 is 2.25 bits per heavy atom. The van der Waals surface area contributed by atoms with Crippen molar-refractivity contribution >= 4 is 21.8 Å². The first kappa shape index (κ1) is 15.5. The Balaban J connectivity index is 2.08. The third kappa shape index (κ3) is 3.23. The molecule has 0 radical (unpaired) electrons. The van der Waals surface area contributed by atoms with Crippen LogP contribution in [0.3, 0.4) is 0 Å². The second kappa shape index (κ2) is 6.72. The van der Waals surface area contributed by atoms with Crippen LogP contribution in [0.2, 0.25) is 0 Å². The highest BCUT2D eigenvalue weighted by Gasteiger charge is 2.40. The van der Waals surface area contributed by atoms with E-state index in [4.69, 9.17) is 0 Å². The van der Waals surface area contributed by atoms with Gasteiger partial charge >= 0.3 is 0 Å². The van der Waals surface area contributed by atoms with Crippen LogP contribution in [-0.2, 0) is 4.79 Å². The zero-order chi connectivity index (χ0) is 14.6. The largest absolute Gasteiger partial charge is 0.349 e. The molecule has 0 bridgehead atoms. The number of carbonyl (C=O) groups is 1. The molecule has 0 saturated carbocycles. The van der Waals surface area contributed by atoms with Crippen LogP contribution in [0.25, 0.3) is 0 Å². The first-order chi connectivity index (χ1) is 9.59. The Kier molecular flexibility index (Phi) is 5.22. The van der Waals surface area contributed by atoms with E-state index >= 15 is 0 Å². The summed E-state index contributed by atoms with van der Waals surface area (Å²) >= 11 is 3.55. The predicted octanol–water partition coefficient (Wildman–Crippen LogP) is 3.41. The molecule has 3 nitrogen and oxygen atoms in total. The van der Waals surface area contributed by atoms with E-state index in [-0.39, 0.29) is 17.4 Å². The van der Waals surface area contributed by atoms with Crippen LogP contribution in [0.4, 0.5) is 0 Å². The van der Waals surface area contributed by atoms with E-state index in [1.165, 1.54) is 0 Å². The Hall–Kier alpha value is -0.870. The van der Waals surface area contributed by atoms with E-state index < -0.39 is 0 Å². The maximum absolute atomic E-state index is 12.7. The van der Waals surface area contributed by atoms with Gasteiger partial charge in [-0.15, -0.1) is 0 Å². The molecule has 0 aliphatic carbocycles. The van der Waals surface area contributed by atoms with Crippen molar-refractivity contribution < 1.29 is 4.79 Å². The molecule has 4 heteroatoms. The molecule has 1 heterocycles. The number of hydrogen-bond donors (Lipinski definition) is 2. The van der Waals surface area contributed by atoms with Gasteiger partial charge in [0.15, 0.2) is 0 Å². The highest BCUT2D eigenvalue weighted by Crippen LogP contribution is 2.32. The molecule has 1 aliphatic rings. The van der Waals surface area contributed by atoms with Gasteiger partial charge in [-0.05, 0) is 37.9 Å². The summed E-state index contributed by atoms with van der Waals surface area (Å²) in [5.41, 5.74) is 0.906. The van der Waals surface area contributed by atoms with Crippen molar-refractivity contribution in [1.29, 1.82) is 0 Å². The molecular formula is C16H23BrN2O. The number of nitrogens with one attached hydrogen (secondary N) is 2. The van der Waals surface area contributed by atoms with Gasteiger partial charge in [-0.25, -0.2) is 0 Å². The SMILES string of the molecule is CCCC1(C(=O)N[C@@H](C)c2ccccc2Br)CCNC1. The normalized spacial score (nSPS) is 23.6. The second-order valence-electron chi connectivity index (χ2n) is 5.67. The van der Waals surface area contributed by atoms with Crippen LogP contribution in [0, 0.1) is 5.41 Å². The lowest BCUT2D eigenvalue weighted by atomic mass is 9.81. The molecule has 1 saturated heterocycles. The summed E-state index contributed by atoms with van der Waals surface area (Å²) in [5, 5.41) is 6.53. The third-order valence-electron chi connectivity index (χ3n) is 4.17. The van der Waals surface area contributed by atoms with E-state index in [0.29, 0.717) is 0 Å². The first-order valence-corrected chi connectivity index (χ1v) is 8.14.